The second-order valence-corrected chi connectivity index (χ2v) is 7.09. The molecule has 0 unspecified atom stereocenters. The first-order chi connectivity index (χ1) is 12.3. The predicted molar refractivity (Wildman–Crippen MR) is 92.9 cm³/mol. The summed E-state index contributed by atoms with van der Waals surface area (Å²) < 4.78 is 37.9. The van der Waals surface area contributed by atoms with E-state index in [1.807, 2.05) is 11.8 Å². The third-order valence-electron chi connectivity index (χ3n) is 5.34. The lowest BCUT2D eigenvalue weighted by molar-refractivity contribution is -0.137. The number of nitrogens with one attached hydrogen (secondary N) is 1. The number of carbonyl (C=O) groups excluding carboxylic acids is 1. The molecule has 0 aromatic carbocycles. The van der Waals surface area contributed by atoms with Crippen LogP contribution in [0.4, 0.5) is 19.0 Å². The first kappa shape index (κ1) is 18.9. The fourth-order valence-electron chi connectivity index (χ4n) is 3.64. The summed E-state index contributed by atoms with van der Waals surface area (Å²) in [6.45, 7) is 4.55. The zero-order chi connectivity index (χ0) is 18.7. The lowest BCUT2D eigenvalue weighted by atomic mass is 10.2. The zero-order valence-corrected chi connectivity index (χ0v) is 14.9. The number of nitrogens with zero attached hydrogens (tertiary/aromatic N) is 3. The van der Waals surface area contributed by atoms with Gasteiger partial charge in [0, 0.05) is 38.4 Å². The van der Waals surface area contributed by atoms with Crippen molar-refractivity contribution in [1.29, 1.82) is 0 Å². The Hall–Kier alpha value is -1.83. The summed E-state index contributed by atoms with van der Waals surface area (Å²) >= 11 is 0. The van der Waals surface area contributed by atoms with E-state index >= 15 is 0 Å². The van der Waals surface area contributed by atoms with Gasteiger partial charge in [0.05, 0.1) is 11.6 Å². The largest absolute Gasteiger partial charge is 0.417 e. The molecule has 0 bridgehead atoms. The van der Waals surface area contributed by atoms with Crippen molar-refractivity contribution < 1.29 is 18.0 Å². The number of anilines is 1. The van der Waals surface area contributed by atoms with Crippen molar-refractivity contribution in [2.45, 2.75) is 50.9 Å². The summed E-state index contributed by atoms with van der Waals surface area (Å²) in [5.74, 6) is 0.610. The van der Waals surface area contributed by atoms with Crippen LogP contribution in [-0.4, -0.2) is 54.1 Å². The molecule has 1 aromatic heterocycles. The van der Waals surface area contributed by atoms with Gasteiger partial charge in [-0.1, -0.05) is 12.8 Å². The van der Waals surface area contributed by atoms with Gasteiger partial charge < -0.3 is 10.2 Å². The molecule has 1 aromatic rings. The fraction of sp³-hybridized carbons (Fsp3) is 0.667. The average molecular weight is 370 g/mol. The monoisotopic (exact) mass is 370 g/mol. The van der Waals surface area contributed by atoms with Crippen molar-refractivity contribution in [2.75, 3.05) is 31.1 Å². The van der Waals surface area contributed by atoms with Crippen LogP contribution in [0, 0.1) is 0 Å². The first-order valence-corrected chi connectivity index (χ1v) is 9.17. The van der Waals surface area contributed by atoms with Gasteiger partial charge in [-0.3, -0.25) is 9.69 Å². The molecule has 1 saturated carbocycles. The molecule has 1 aliphatic heterocycles. The van der Waals surface area contributed by atoms with Gasteiger partial charge in [-0.05, 0) is 31.9 Å². The molecule has 2 fully saturated rings. The van der Waals surface area contributed by atoms with Crippen LogP contribution in [0.15, 0.2) is 18.3 Å². The number of aromatic nitrogens is 1. The quantitative estimate of drug-likeness (QED) is 0.885. The number of carbonyl (C=O) groups is 1. The predicted octanol–water partition coefficient (Wildman–Crippen LogP) is 2.67. The molecular formula is C18H25F3N4O. The Bertz CT molecular complexity index is 606. The second kappa shape index (κ2) is 7.82. The summed E-state index contributed by atoms with van der Waals surface area (Å²) in [7, 11) is 0. The third kappa shape index (κ3) is 4.47. The highest BCUT2D eigenvalue weighted by molar-refractivity contribution is 5.81. The molecule has 1 atom stereocenters. The highest BCUT2D eigenvalue weighted by Crippen LogP contribution is 2.29. The smallest absolute Gasteiger partial charge is 0.354 e. The van der Waals surface area contributed by atoms with Gasteiger partial charge in [0.1, 0.15) is 5.82 Å². The van der Waals surface area contributed by atoms with Crippen LogP contribution in [0.2, 0.25) is 0 Å². The molecule has 1 saturated heterocycles. The molecular weight excluding hydrogens is 345 g/mol. The van der Waals surface area contributed by atoms with Crippen LogP contribution in [0.3, 0.4) is 0 Å². The Balaban J connectivity index is 1.51. The van der Waals surface area contributed by atoms with E-state index in [9.17, 15) is 18.0 Å². The SMILES string of the molecule is C[C@@H](C(=O)NC1CCCC1)N1CCN(c2ccc(C(F)(F)F)cn2)CC1. The molecule has 2 heterocycles. The summed E-state index contributed by atoms with van der Waals surface area (Å²) in [5.41, 5.74) is -0.739. The highest BCUT2D eigenvalue weighted by atomic mass is 19.4. The summed E-state index contributed by atoms with van der Waals surface area (Å²) in [6.07, 6.45) is 0.986. The number of hydrogen-bond acceptors (Lipinski definition) is 4. The van der Waals surface area contributed by atoms with E-state index in [2.05, 4.69) is 15.2 Å². The number of hydrogen-bond donors (Lipinski definition) is 1. The normalized spacial score (nSPS) is 21.0. The molecule has 2 aliphatic rings. The third-order valence-corrected chi connectivity index (χ3v) is 5.34. The molecule has 1 aliphatic carbocycles. The van der Waals surface area contributed by atoms with Gasteiger partial charge in [-0.25, -0.2) is 4.98 Å². The Morgan fingerprint density at radius 2 is 1.85 bits per heavy atom. The van der Waals surface area contributed by atoms with E-state index in [1.165, 1.54) is 18.9 Å². The molecule has 1 N–H and O–H groups in total. The van der Waals surface area contributed by atoms with Gasteiger partial charge >= 0.3 is 6.18 Å². The maximum Gasteiger partial charge on any atom is 0.417 e. The van der Waals surface area contributed by atoms with E-state index in [1.54, 1.807) is 0 Å². The van der Waals surface area contributed by atoms with E-state index in [0.717, 1.165) is 25.1 Å². The molecule has 26 heavy (non-hydrogen) atoms. The maximum atomic E-state index is 12.6. The molecule has 144 valence electrons. The van der Waals surface area contributed by atoms with Crippen molar-refractivity contribution in [2.24, 2.45) is 0 Å². The van der Waals surface area contributed by atoms with Gasteiger partial charge in [0.2, 0.25) is 5.91 Å². The molecule has 8 heteroatoms. The van der Waals surface area contributed by atoms with Crippen molar-refractivity contribution in [3.8, 4) is 0 Å². The zero-order valence-electron chi connectivity index (χ0n) is 14.9. The minimum Gasteiger partial charge on any atom is -0.354 e. The van der Waals surface area contributed by atoms with E-state index in [4.69, 9.17) is 0 Å². The Labute approximate surface area is 151 Å². The fourth-order valence-corrected chi connectivity index (χ4v) is 3.64. The van der Waals surface area contributed by atoms with Gasteiger partial charge in [-0.2, -0.15) is 13.2 Å². The summed E-state index contributed by atoms with van der Waals surface area (Å²) in [5, 5.41) is 3.13. The summed E-state index contributed by atoms with van der Waals surface area (Å²) in [4.78, 5) is 20.4. The van der Waals surface area contributed by atoms with Crippen molar-refractivity contribution >= 4 is 11.7 Å². The Kier molecular flexibility index (Phi) is 5.70. The minimum atomic E-state index is -4.37. The second-order valence-electron chi connectivity index (χ2n) is 7.09. The van der Waals surface area contributed by atoms with E-state index in [0.29, 0.717) is 38.0 Å². The molecule has 0 radical (unpaired) electrons. The van der Waals surface area contributed by atoms with Crippen molar-refractivity contribution in [3.63, 3.8) is 0 Å². The topological polar surface area (TPSA) is 48.5 Å². The van der Waals surface area contributed by atoms with Gasteiger partial charge in [0.25, 0.3) is 0 Å². The minimum absolute atomic E-state index is 0.0676. The number of rotatable bonds is 4. The van der Waals surface area contributed by atoms with Crippen LogP contribution in [-0.2, 0) is 11.0 Å². The number of halogens is 3. The van der Waals surface area contributed by atoms with Crippen LogP contribution in [0.25, 0.3) is 0 Å². The van der Waals surface area contributed by atoms with E-state index in [-0.39, 0.29) is 11.9 Å². The van der Waals surface area contributed by atoms with Gasteiger partial charge in [-0.15, -0.1) is 0 Å². The number of piperazine rings is 1. The number of alkyl halides is 3. The highest BCUT2D eigenvalue weighted by Gasteiger charge is 2.31. The first-order valence-electron chi connectivity index (χ1n) is 9.17. The van der Waals surface area contributed by atoms with Crippen LogP contribution < -0.4 is 10.2 Å². The molecule has 1 amide bonds. The van der Waals surface area contributed by atoms with Crippen LogP contribution >= 0.6 is 0 Å². The lowest BCUT2D eigenvalue weighted by Gasteiger charge is -2.38. The Morgan fingerprint density at radius 1 is 1.19 bits per heavy atom. The lowest BCUT2D eigenvalue weighted by Crippen LogP contribution is -2.55. The number of pyridine rings is 1. The maximum absolute atomic E-state index is 12.6. The van der Waals surface area contributed by atoms with E-state index < -0.39 is 11.7 Å². The molecule has 0 spiro atoms. The summed E-state index contributed by atoms with van der Waals surface area (Å²) in [6, 6.07) is 2.59. The standard InChI is InChI=1S/C18H25F3N4O/c1-13(17(26)23-15-4-2-3-5-15)24-8-10-25(11-9-24)16-7-6-14(12-22-16)18(19,20)21/h6-7,12-13,15H,2-5,8-11H2,1H3,(H,23,26)/t13-/m0/s1. The molecule has 5 nitrogen and oxygen atoms in total. The number of amides is 1. The van der Waals surface area contributed by atoms with Crippen molar-refractivity contribution in [3.05, 3.63) is 23.9 Å². The average Bonchev–Trinajstić information content (AvgIpc) is 3.13. The molecule has 3 rings (SSSR count). The van der Waals surface area contributed by atoms with Gasteiger partial charge in [0.15, 0.2) is 0 Å². The van der Waals surface area contributed by atoms with Crippen molar-refractivity contribution in [1.82, 2.24) is 15.2 Å². The Morgan fingerprint density at radius 3 is 2.38 bits per heavy atom. The van der Waals surface area contributed by atoms with Crippen LogP contribution in [0.1, 0.15) is 38.2 Å². The van der Waals surface area contributed by atoms with Crippen LogP contribution in [0.5, 0.6) is 0 Å².